The largest absolute Gasteiger partial charge is 0.339 e. The highest BCUT2D eigenvalue weighted by atomic mass is 32.2. The number of piperazine rings is 1. The second-order valence-electron chi connectivity index (χ2n) is 9.62. The van der Waals surface area contributed by atoms with E-state index in [2.05, 4.69) is 11.8 Å². The normalized spacial score (nSPS) is 25.4. The number of sulfonamides is 1. The number of hydrogen-bond donors (Lipinski definition) is 0. The van der Waals surface area contributed by atoms with Gasteiger partial charge in [0.1, 0.15) is 6.04 Å². The Kier molecular flexibility index (Phi) is 7.40. The Morgan fingerprint density at radius 3 is 2.27 bits per heavy atom. The number of carbonyl (C=O) groups is 2. The fraction of sp³-hybridized carbons (Fsp3) is 0.667. The fourth-order valence-electron chi connectivity index (χ4n) is 5.21. The molecule has 0 spiro atoms. The van der Waals surface area contributed by atoms with Gasteiger partial charge in [-0.15, -0.1) is 0 Å². The van der Waals surface area contributed by atoms with E-state index in [-0.39, 0.29) is 16.7 Å². The minimum Gasteiger partial charge on any atom is -0.339 e. The van der Waals surface area contributed by atoms with E-state index in [1.54, 1.807) is 29.2 Å². The summed E-state index contributed by atoms with van der Waals surface area (Å²) >= 11 is 0. The second-order valence-corrected chi connectivity index (χ2v) is 11.5. The fourth-order valence-corrected chi connectivity index (χ4v) is 6.86. The number of aryl methyl sites for hydroxylation is 1. The molecule has 0 saturated carbocycles. The van der Waals surface area contributed by atoms with Gasteiger partial charge in [0.25, 0.3) is 0 Å². The summed E-state index contributed by atoms with van der Waals surface area (Å²) in [6.45, 7) is 7.95. The number of hydrogen-bond acceptors (Lipinski definition) is 5. The van der Waals surface area contributed by atoms with Crippen molar-refractivity contribution < 1.29 is 18.0 Å². The summed E-state index contributed by atoms with van der Waals surface area (Å²) in [5, 5.41) is 0. The maximum absolute atomic E-state index is 13.3. The Morgan fingerprint density at radius 2 is 1.61 bits per heavy atom. The number of benzene rings is 1. The van der Waals surface area contributed by atoms with Gasteiger partial charge in [-0.05, 0) is 58.1 Å². The molecule has 3 heterocycles. The molecule has 3 fully saturated rings. The summed E-state index contributed by atoms with van der Waals surface area (Å²) < 4.78 is 27.8. The van der Waals surface area contributed by atoms with Crippen LogP contribution in [0.4, 0.5) is 0 Å². The molecule has 9 heteroatoms. The molecular formula is C24H36N4O4S. The summed E-state index contributed by atoms with van der Waals surface area (Å²) in [5.74, 6) is 0.0620. The van der Waals surface area contributed by atoms with Gasteiger partial charge < -0.3 is 9.80 Å². The monoisotopic (exact) mass is 476 g/mol. The third kappa shape index (κ3) is 5.25. The zero-order valence-corrected chi connectivity index (χ0v) is 20.6. The van der Waals surface area contributed by atoms with Crippen LogP contribution in [-0.2, 0) is 19.6 Å². The number of rotatable bonds is 5. The molecule has 1 aromatic carbocycles. The summed E-state index contributed by atoms with van der Waals surface area (Å²) in [5.41, 5.74) is 0.995. The maximum Gasteiger partial charge on any atom is 0.243 e. The van der Waals surface area contributed by atoms with Crippen molar-refractivity contribution in [2.24, 2.45) is 0 Å². The van der Waals surface area contributed by atoms with Crippen molar-refractivity contribution in [1.29, 1.82) is 0 Å². The molecule has 0 bridgehead atoms. The van der Waals surface area contributed by atoms with Gasteiger partial charge in [-0.2, -0.15) is 4.31 Å². The molecule has 8 nitrogen and oxygen atoms in total. The molecular weight excluding hydrogens is 440 g/mol. The Hall–Kier alpha value is -1.97. The molecule has 0 radical (unpaired) electrons. The zero-order valence-electron chi connectivity index (χ0n) is 19.8. The first kappa shape index (κ1) is 24.2. The number of likely N-dealkylation sites (tertiary alicyclic amines) is 1. The average molecular weight is 477 g/mol. The number of amides is 2. The molecule has 33 heavy (non-hydrogen) atoms. The highest BCUT2D eigenvalue weighted by Crippen LogP contribution is 2.28. The Balaban J connectivity index is 1.34. The minimum absolute atomic E-state index is 0.112. The molecule has 1 aromatic rings. The van der Waals surface area contributed by atoms with E-state index in [1.165, 1.54) is 10.7 Å². The number of nitrogens with zero attached hydrogens (tertiary/aromatic N) is 4. The zero-order chi connectivity index (χ0) is 23.6. The van der Waals surface area contributed by atoms with Crippen LogP contribution in [0.25, 0.3) is 0 Å². The van der Waals surface area contributed by atoms with Crippen molar-refractivity contribution in [1.82, 2.24) is 19.0 Å². The average Bonchev–Trinajstić information content (AvgIpc) is 3.31. The van der Waals surface area contributed by atoms with Crippen LogP contribution in [0.1, 0.15) is 44.6 Å². The molecule has 0 N–H and O–H groups in total. The molecule has 2 amide bonds. The van der Waals surface area contributed by atoms with Crippen LogP contribution in [0.3, 0.4) is 0 Å². The van der Waals surface area contributed by atoms with Gasteiger partial charge in [-0.25, -0.2) is 8.42 Å². The van der Waals surface area contributed by atoms with Crippen LogP contribution in [-0.4, -0.2) is 97.1 Å². The van der Waals surface area contributed by atoms with Crippen LogP contribution >= 0.6 is 0 Å². The smallest absolute Gasteiger partial charge is 0.243 e. The Labute approximate surface area is 197 Å². The predicted octanol–water partition coefficient (Wildman–Crippen LogP) is 1.69. The van der Waals surface area contributed by atoms with Gasteiger partial charge in [-0.3, -0.25) is 14.5 Å². The van der Waals surface area contributed by atoms with Gasteiger partial charge in [0.2, 0.25) is 21.8 Å². The van der Waals surface area contributed by atoms with E-state index in [1.807, 2.05) is 11.8 Å². The van der Waals surface area contributed by atoms with Crippen LogP contribution in [0.5, 0.6) is 0 Å². The highest BCUT2D eigenvalue weighted by Gasteiger charge is 2.41. The van der Waals surface area contributed by atoms with Crippen LogP contribution in [0.2, 0.25) is 0 Å². The van der Waals surface area contributed by atoms with Gasteiger partial charge in [0, 0.05) is 45.3 Å². The lowest BCUT2D eigenvalue weighted by atomic mass is 10.0. The molecule has 0 aliphatic carbocycles. The van der Waals surface area contributed by atoms with Gasteiger partial charge in [-0.1, -0.05) is 17.7 Å². The van der Waals surface area contributed by atoms with E-state index in [0.717, 1.165) is 24.9 Å². The van der Waals surface area contributed by atoms with E-state index in [9.17, 15) is 18.0 Å². The predicted molar refractivity (Wildman–Crippen MR) is 126 cm³/mol. The van der Waals surface area contributed by atoms with Gasteiger partial charge in [0.15, 0.2) is 0 Å². The molecule has 3 aliphatic rings. The molecule has 3 aliphatic heterocycles. The highest BCUT2D eigenvalue weighted by molar-refractivity contribution is 7.89. The lowest BCUT2D eigenvalue weighted by Crippen LogP contribution is -2.56. The molecule has 2 atom stereocenters. The number of piperidine rings is 1. The molecule has 0 aromatic heterocycles. The Bertz CT molecular complexity index is 957. The van der Waals surface area contributed by atoms with Gasteiger partial charge >= 0.3 is 0 Å². The summed E-state index contributed by atoms with van der Waals surface area (Å²) in [4.78, 5) is 32.2. The van der Waals surface area contributed by atoms with Crippen molar-refractivity contribution in [2.75, 3.05) is 45.8 Å². The van der Waals surface area contributed by atoms with Crippen LogP contribution in [0.15, 0.2) is 29.2 Å². The van der Waals surface area contributed by atoms with Crippen molar-refractivity contribution in [3.8, 4) is 0 Å². The molecule has 1 unspecified atom stereocenters. The first-order valence-corrected chi connectivity index (χ1v) is 13.6. The van der Waals surface area contributed by atoms with E-state index < -0.39 is 16.1 Å². The Morgan fingerprint density at radius 1 is 0.909 bits per heavy atom. The van der Waals surface area contributed by atoms with E-state index in [4.69, 9.17) is 0 Å². The lowest BCUT2D eigenvalue weighted by Gasteiger charge is -2.39. The minimum atomic E-state index is -3.71. The van der Waals surface area contributed by atoms with Crippen molar-refractivity contribution in [3.05, 3.63) is 29.8 Å². The quantitative estimate of drug-likeness (QED) is 0.646. The van der Waals surface area contributed by atoms with Crippen LogP contribution in [0, 0.1) is 6.92 Å². The van der Waals surface area contributed by atoms with Crippen molar-refractivity contribution >= 4 is 21.8 Å². The molecule has 4 rings (SSSR count). The van der Waals surface area contributed by atoms with Crippen molar-refractivity contribution in [2.45, 2.75) is 62.9 Å². The first-order valence-electron chi connectivity index (χ1n) is 12.2. The first-order chi connectivity index (χ1) is 15.8. The SMILES string of the molecule is Cc1ccc(S(=O)(=O)N2CCC[C@H]2C(=O)N2CCN(CC(=O)N3CCCCC3C)CC2)cc1. The third-order valence-electron chi connectivity index (χ3n) is 7.28. The summed E-state index contributed by atoms with van der Waals surface area (Å²) in [6, 6.07) is 6.46. The van der Waals surface area contributed by atoms with E-state index >= 15 is 0 Å². The standard InChI is InChI=1S/C24H36N4O4S/c1-19-8-10-21(11-9-19)33(31,32)28-13-5-7-22(28)24(30)26-16-14-25(15-17-26)18-23(29)27-12-4-3-6-20(27)2/h8-11,20,22H,3-7,12-18H2,1-2H3/t20?,22-/m0/s1. The maximum atomic E-state index is 13.3. The summed E-state index contributed by atoms with van der Waals surface area (Å²) in [7, 11) is -3.71. The van der Waals surface area contributed by atoms with Gasteiger partial charge in [0.05, 0.1) is 11.4 Å². The third-order valence-corrected chi connectivity index (χ3v) is 9.20. The molecule has 3 saturated heterocycles. The topological polar surface area (TPSA) is 81.2 Å². The van der Waals surface area contributed by atoms with Crippen LogP contribution < -0.4 is 0 Å². The molecule has 182 valence electrons. The van der Waals surface area contributed by atoms with Crippen molar-refractivity contribution in [3.63, 3.8) is 0 Å². The summed E-state index contributed by atoms with van der Waals surface area (Å²) in [6.07, 6.45) is 4.56. The lowest BCUT2D eigenvalue weighted by molar-refractivity contribution is -0.138. The second kappa shape index (κ2) is 10.1. The van der Waals surface area contributed by atoms with E-state index in [0.29, 0.717) is 58.2 Å². The number of carbonyl (C=O) groups excluding carboxylic acids is 2.